The zero-order valence-corrected chi connectivity index (χ0v) is 17.4. The Morgan fingerprint density at radius 3 is 2.38 bits per heavy atom. The normalized spacial score (nSPS) is 14.4. The first-order valence-electron chi connectivity index (χ1n) is 9.77. The number of anilines is 1. The molecule has 154 valence electrons. The molecule has 0 saturated carbocycles. The van der Waals surface area contributed by atoms with Gasteiger partial charge in [0.25, 0.3) is 5.91 Å². The molecule has 2 aromatic rings. The van der Waals surface area contributed by atoms with E-state index in [-0.39, 0.29) is 11.7 Å². The van der Waals surface area contributed by atoms with Gasteiger partial charge in [-0.3, -0.25) is 9.59 Å². The molecule has 3 rings (SSSR count). The summed E-state index contributed by atoms with van der Waals surface area (Å²) < 4.78 is 25.0. The molecule has 1 fully saturated rings. The summed E-state index contributed by atoms with van der Waals surface area (Å²) in [6.07, 6.45) is 3.12. The van der Waals surface area contributed by atoms with Crippen molar-refractivity contribution >= 4 is 27.3 Å². The maximum Gasteiger partial charge on any atom is 0.253 e. The summed E-state index contributed by atoms with van der Waals surface area (Å²) in [4.78, 5) is 26.6. The maximum absolute atomic E-state index is 12.6. The number of hydrogen-bond acceptors (Lipinski definition) is 4. The molecule has 2 amide bonds. The summed E-state index contributed by atoms with van der Waals surface area (Å²) in [5.74, 6) is -1.53. The Bertz CT molecular complexity index is 978. The average molecular weight is 415 g/mol. The van der Waals surface area contributed by atoms with E-state index in [0.29, 0.717) is 16.8 Å². The van der Waals surface area contributed by atoms with Crippen molar-refractivity contribution < 1.29 is 18.0 Å². The van der Waals surface area contributed by atoms with Crippen LogP contribution < -0.4 is 5.32 Å². The smallest absolute Gasteiger partial charge is 0.253 e. The van der Waals surface area contributed by atoms with Gasteiger partial charge in [-0.05, 0) is 56.0 Å². The highest BCUT2D eigenvalue weighted by atomic mass is 32.2. The highest BCUT2D eigenvalue weighted by Gasteiger charge is 2.21. The molecule has 1 heterocycles. The molecule has 1 saturated heterocycles. The number of piperidine rings is 1. The molecular weight excluding hydrogens is 388 g/mol. The minimum absolute atomic E-state index is 0.0685. The number of benzene rings is 2. The van der Waals surface area contributed by atoms with E-state index in [4.69, 9.17) is 0 Å². The van der Waals surface area contributed by atoms with Crippen molar-refractivity contribution in [2.75, 3.05) is 24.2 Å². The third-order valence-electron chi connectivity index (χ3n) is 4.89. The molecule has 1 aliphatic rings. The Morgan fingerprint density at radius 2 is 1.69 bits per heavy atom. The molecule has 0 bridgehead atoms. The largest absolute Gasteiger partial charge is 0.339 e. The van der Waals surface area contributed by atoms with Gasteiger partial charge < -0.3 is 10.2 Å². The Kier molecular flexibility index (Phi) is 6.69. The standard InChI is InChI=1S/C22H26N2O4S/c1-17-8-10-20(11-9-17)23-21(25)16-29(27,28)15-18-6-5-7-19(14-18)22(26)24-12-3-2-4-13-24/h5-11,14H,2-4,12-13,15-16H2,1H3,(H,23,25). The van der Waals surface area contributed by atoms with Crippen LogP contribution in [0.15, 0.2) is 48.5 Å². The van der Waals surface area contributed by atoms with Crippen molar-refractivity contribution in [1.82, 2.24) is 4.90 Å². The summed E-state index contributed by atoms with van der Waals surface area (Å²) in [6, 6.07) is 13.8. The first kappa shape index (κ1) is 21.0. The molecular formula is C22H26N2O4S. The molecule has 1 aliphatic heterocycles. The molecule has 2 aromatic carbocycles. The maximum atomic E-state index is 12.6. The van der Waals surface area contributed by atoms with E-state index in [1.165, 1.54) is 0 Å². The molecule has 29 heavy (non-hydrogen) atoms. The Hall–Kier alpha value is -2.67. The van der Waals surface area contributed by atoms with E-state index in [0.717, 1.165) is 37.9 Å². The quantitative estimate of drug-likeness (QED) is 0.787. The van der Waals surface area contributed by atoms with Crippen molar-refractivity contribution in [3.8, 4) is 0 Å². The Morgan fingerprint density at radius 1 is 1.00 bits per heavy atom. The Balaban J connectivity index is 1.62. The van der Waals surface area contributed by atoms with Crippen LogP contribution in [0.5, 0.6) is 0 Å². The van der Waals surface area contributed by atoms with Crippen molar-refractivity contribution in [2.24, 2.45) is 0 Å². The van der Waals surface area contributed by atoms with E-state index in [1.807, 2.05) is 24.0 Å². The van der Waals surface area contributed by atoms with Crippen molar-refractivity contribution in [1.29, 1.82) is 0 Å². The van der Waals surface area contributed by atoms with Gasteiger partial charge in [-0.15, -0.1) is 0 Å². The first-order chi connectivity index (χ1) is 13.8. The van der Waals surface area contributed by atoms with Gasteiger partial charge >= 0.3 is 0 Å². The van der Waals surface area contributed by atoms with Gasteiger partial charge in [-0.2, -0.15) is 0 Å². The highest BCUT2D eigenvalue weighted by Crippen LogP contribution is 2.16. The number of sulfone groups is 1. The van der Waals surface area contributed by atoms with Gasteiger partial charge in [0.1, 0.15) is 5.75 Å². The topological polar surface area (TPSA) is 83.5 Å². The summed E-state index contributed by atoms with van der Waals surface area (Å²) in [5.41, 5.74) is 2.61. The van der Waals surface area contributed by atoms with Crippen molar-refractivity contribution in [3.05, 3.63) is 65.2 Å². The average Bonchev–Trinajstić information content (AvgIpc) is 2.69. The fraction of sp³-hybridized carbons (Fsp3) is 0.364. The molecule has 0 radical (unpaired) electrons. The van der Waals surface area contributed by atoms with E-state index < -0.39 is 21.5 Å². The van der Waals surface area contributed by atoms with Gasteiger partial charge in [-0.1, -0.05) is 29.8 Å². The zero-order chi connectivity index (χ0) is 20.9. The summed E-state index contributed by atoms with van der Waals surface area (Å²) >= 11 is 0. The number of hydrogen-bond donors (Lipinski definition) is 1. The predicted octanol–water partition coefficient (Wildman–Crippen LogP) is 3.17. The van der Waals surface area contributed by atoms with E-state index in [1.54, 1.807) is 36.4 Å². The first-order valence-corrected chi connectivity index (χ1v) is 11.6. The van der Waals surface area contributed by atoms with Crippen LogP contribution in [0.1, 0.15) is 40.7 Å². The molecule has 0 unspecified atom stereocenters. The van der Waals surface area contributed by atoms with E-state index in [2.05, 4.69) is 5.32 Å². The van der Waals surface area contributed by atoms with Gasteiger partial charge in [0, 0.05) is 24.3 Å². The number of aryl methyl sites for hydroxylation is 1. The lowest BCUT2D eigenvalue weighted by Gasteiger charge is -2.26. The minimum Gasteiger partial charge on any atom is -0.339 e. The SMILES string of the molecule is Cc1ccc(NC(=O)CS(=O)(=O)Cc2cccc(C(=O)N3CCCCC3)c2)cc1. The third-order valence-corrected chi connectivity index (χ3v) is 6.37. The molecule has 6 nitrogen and oxygen atoms in total. The lowest BCUT2D eigenvalue weighted by Crippen LogP contribution is -2.35. The second-order valence-electron chi connectivity index (χ2n) is 7.50. The molecule has 0 spiro atoms. The number of rotatable bonds is 6. The summed E-state index contributed by atoms with van der Waals surface area (Å²) in [7, 11) is -3.67. The molecule has 7 heteroatoms. The summed E-state index contributed by atoms with van der Waals surface area (Å²) in [5, 5.41) is 2.60. The number of nitrogens with zero attached hydrogens (tertiary/aromatic N) is 1. The monoisotopic (exact) mass is 414 g/mol. The summed E-state index contributed by atoms with van der Waals surface area (Å²) in [6.45, 7) is 3.40. The Labute approximate surface area is 171 Å². The van der Waals surface area contributed by atoms with Crippen LogP contribution in [0.2, 0.25) is 0 Å². The number of amides is 2. The fourth-order valence-corrected chi connectivity index (χ4v) is 4.67. The van der Waals surface area contributed by atoms with Gasteiger partial charge in [0.15, 0.2) is 9.84 Å². The zero-order valence-electron chi connectivity index (χ0n) is 16.6. The fourth-order valence-electron chi connectivity index (χ4n) is 3.41. The van der Waals surface area contributed by atoms with Crippen LogP contribution >= 0.6 is 0 Å². The predicted molar refractivity (Wildman–Crippen MR) is 113 cm³/mol. The number of likely N-dealkylation sites (tertiary alicyclic amines) is 1. The van der Waals surface area contributed by atoms with Crippen LogP contribution in [0.3, 0.4) is 0 Å². The van der Waals surface area contributed by atoms with Crippen LogP contribution in [0, 0.1) is 6.92 Å². The van der Waals surface area contributed by atoms with Crippen LogP contribution in [0.25, 0.3) is 0 Å². The highest BCUT2D eigenvalue weighted by molar-refractivity contribution is 7.91. The lowest BCUT2D eigenvalue weighted by atomic mass is 10.1. The molecule has 0 atom stereocenters. The lowest BCUT2D eigenvalue weighted by molar-refractivity contribution is -0.113. The van der Waals surface area contributed by atoms with Crippen molar-refractivity contribution in [3.63, 3.8) is 0 Å². The number of nitrogens with one attached hydrogen (secondary N) is 1. The van der Waals surface area contributed by atoms with Crippen LogP contribution in [-0.4, -0.2) is 44.0 Å². The van der Waals surface area contributed by atoms with Gasteiger partial charge in [0.05, 0.1) is 5.75 Å². The number of carbonyl (C=O) groups excluding carboxylic acids is 2. The minimum atomic E-state index is -3.67. The molecule has 1 N–H and O–H groups in total. The second-order valence-corrected chi connectivity index (χ2v) is 9.56. The van der Waals surface area contributed by atoms with Crippen LogP contribution in [-0.2, 0) is 20.4 Å². The second kappa shape index (κ2) is 9.22. The van der Waals surface area contributed by atoms with Crippen LogP contribution in [0.4, 0.5) is 5.69 Å². The van der Waals surface area contributed by atoms with E-state index >= 15 is 0 Å². The van der Waals surface area contributed by atoms with Gasteiger partial charge in [-0.25, -0.2) is 8.42 Å². The third kappa shape index (κ3) is 6.15. The molecule has 0 aromatic heterocycles. The molecule has 0 aliphatic carbocycles. The van der Waals surface area contributed by atoms with Crippen molar-refractivity contribution in [2.45, 2.75) is 31.9 Å². The number of carbonyl (C=O) groups is 2. The van der Waals surface area contributed by atoms with Gasteiger partial charge in [0.2, 0.25) is 5.91 Å². The van der Waals surface area contributed by atoms with E-state index in [9.17, 15) is 18.0 Å².